The normalized spacial score (nSPS) is 10.4. The van der Waals surface area contributed by atoms with Crippen LogP contribution in [0.15, 0.2) is 95.8 Å². The van der Waals surface area contributed by atoms with E-state index in [1.807, 2.05) is 60.7 Å². The van der Waals surface area contributed by atoms with Crippen molar-refractivity contribution in [3.8, 4) is 28.5 Å². The van der Waals surface area contributed by atoms with Crippen LogP contribution in [0, 0.1) is 0 Å². The maximum atomic E-state index is 12.7. The molecule has 1 amide bonds. The van der Waals surface area contributed by atoms with E-state index in [1.54, 1.807) is 31.4 Å². The van der Waals surface area contributed by atoms with Crippen LogP contribution in [0.4, 0.5) is 5.69 Å². The van der Waals surface area contributed by atoms with Crippen molar-refractivity contribution < 1.29 is 14.3 Å². The number of nitrogens with one attached hydrogen (secondary N) is 1. The molecule has 4 rings (SSSR count). The van der Waals surface area contributed by atoms with Gasteiger partial charge in [0.05, 0.1) is 18.5 Å². The predicted molar refractivity (Wildman–Crippen MR) is 122 cm³/mol. The number of carbonyl (C=O) groups is 1. The van der Waals surface area contributed by atoms with Gasteiger partial charge in [-0.3, -0.25) is 9.59 Å². The number of hydrogen-bond acceptors (Lipinski definition) is 5. The fraction of sp³-hybridized carbons (Fsp3) is 0.0800. The van der Waals surface area contributed by atoms with Crippen LogP contribution >= 0.6 is 0 Å². The molecule has 1 aromatic heterocycles. The Morgan fingerprint density at radius 2 is 1.66 bits per heavy atom. The number of hydrogen-bond donors (Lipinski definition) is 1. The number of methoxy groups -OCH3 is 1. The lowest BCUT2D eigenvalue weighted by Gasteiger charge is -2.13. The Labute approximate surface area is 184 Å². The van der Waals surface area contributed by atoms with Crippen molar-refractivity contribution in [3.05, 3.63) is 101 Å². The van der Waals surface area contributed by atoms with Crippen LogP contribution in [-0.4, -0.2) is 22.8 Å². The summed E-state index contributed by atoms with van der Waals surface area (Å²) in [5, 5.41) is 7.15. The molecule has 0 fully saturated rings. The Morgan fingerprint density at radius 1 is 0.906 bits per heavy atom. The minimum Gasteiger partial charge on any atom is -0.497 e. The summed E-state index contributed by atoms with van der Waals surface area (Å²) in [6.07, 6.45) is 0. The summed E-state index contributed by atoms with van der Waals surface area (Å²) in [5.74, 6) is 1.43. The molecule has 0 spiro atoms. The van der Waals surface area contributed by atoms with Gasteiger partial charge in [0.25, 0.3) is 5.56 Å². The van der Waals surface area contributed by atoms with E-state index in [9.17, 15) is 9.59 Å². The van der Waals surface area contributed by atoms with E-state index in [0.29, 0.717) is 28.6 Å². The third-order valence-corrected chi connectivity index (χ3v) is 4.66. The largest absolute Gasteiger partial charge is 0.497 e. The lowest BCUT2D eigenvalue weighted by Crippen LogP contribution is -2.29. The number of para-hydroxylation sites is 3. The summed E-state index contributed by atoms with van der Waals surface area (Å²) in [5.41, 5.74) is 1.46. The molecule has 0 saturated heterocycles. The summed E-state index contributed by atoms with van der Waals surface area (Å²) in [6, 6.07) is 26.7. The fourth-order valence-electron chi connectivity index (χ4n) is 3.10. The molecule has 0 aliphatic heterocycles. The zero-order chi connectivity index (χ0) is 22.3. The van der Waals surface area contributed by atoms with Gasteiger partial charge < -0.3 is 14.8 Å². The molecule has 0 aliphatic carbocycles. The van der Waals surface area contributed by atoms with Crippen LogP contribution in [0.1, 0.15) is 0 Å². The van der Waals surface area contributed by atoms with Crippen LogP contribution in [0.25, 0.3) is 11.3 Å². The Hall–Kier alpha value is -4.39. The van der Waals surface area contributed by atoms with Crippen LogP contribution in [0.5, 0.6) is 17.2 Å². The topological polar surface area (TPSA) is 82.5 Å². The molecule has 7 heteroatoms. The number of anilines is 1. The summed E-state index contributed by atoms with van der Waals surface area (Å²) in [4.78, 5) is 25.0. The van der Waals surface area contributed by atoms with Gasteiger partial charge in [-0.1, -0.05) is 42.5 Å². The second kappa shape index (κ2) is 9.61. The first-order chi connectivity index (χ1) is 15.6. The molecule has 1 N–H and O–H groups in total. The van der Waals surface area contributed by atoms with E-state index in [0.717, 1.165) is 10.2 Å². The number of aromatic nitrogens is 2. The van der Waals surface area contributed by atoms with E-state index in [2.05, 4.69) is 10.4 Å². The van der Waals surface area contributed by atoms with E-state index in [1.165, 1.54) is 6.07 Å². The summed E-state index contributed by atoms with van der Waals surface area (Å²) >= 11 is 0. The van der Waals surface area contributed by atoms with Crippen molar-refractivity contribution in [3.63, 3.8) is 0 Å². The maximum Gasteiger partial charge on any atom is 0.267 e. The SMILES string of the molecule is COc1cccc(-c2ccc(=O)n(CC(=O)Nc3ccccc3Oc3ccccc3)n2)c1. The molecule has 0 aliphatic rings. The number of ether oxygens (including phenoxy) is 2. The quantitative estimate of drug-likeness (QED) is 0.474. The van der Waals surface area contributed by atoms with Gasteiger partial charge in [0.1, 0.15) is 18.0 Å². The highest BCUT2D eigenvalue weighted by molar-refractivity contribution is 5.92. The smallest absolute Gasteiger partial charge is 0.267 e. The first-order valence-electron chi connectivity index (χ1n) is 9.97. The molecule has 32 heavy (non-hydrogen) atoms. The molecular weight excluding hydrogens is 406 g/mol. The highest BCUT2D eigenvalue weighted by Gasteiger charge is 2.12. The number of benzene rings is 3. The predicted octanol–water partition coefficient (Wildman–Crippen LogP) is 4.35. The molecule has 0 saturated carbocycles. The minimum atomic E-state index is -0.397. The van der Waals surface area contributed by atoms with Crippen molar-refractivity contribution >= 4 is 11.6 Å². The lowest BCUT2D eigenvalue weighted by molar-refractivity contribution is -0.117. The van der Waals surface area contributed by atoms with Crippen molar-refractivity contribution in [2.45, 2.75) is 6.54 Å². The van der Waals surface area contributed by atoms with Gasteiger partial charge in [-0.15, -0.1) is 0 Å². The molecule has 3 aromatic carbocycles. The Kier molecular flexibility index (Phi) is 6.27. The third kappa shape index (κ3) is 5.02. The van der Waals surface area contributed by atoms with Crippen molar-refractivity contribution in [2.75, 3.05) is 12.4 Å². The zero-order valence-corrected chi connectivity index (χ0v) is 17.4. The first kappa shape index (κ1) is 20.9. The molecule has 1 heterocycles. The molecule has 0 unspecified atom stereocenters. The number of nitrogens with zero attached hydrogens (tertiary/aromatic N) is 2. The molecule has 0 radical (unpaired) electrons. The van der Waals surface area contributed by atoms with Gasteiger partial charge in [0.2, 0.25) is 5.91 Å². The average molecular weight is 427 g/mol. The molecular formula is C25H21N3O4. The monoisotopic (exact) mass is 427 g/mol. The number of amides is 1. The molecule has 0 atom stereocenters. The molecule has 4 aromatic rings. The Morgan fingerprint density at radius 3 is 2.47 bits per heavy atom. The Balaban J connectivity index is 1.52. The molecule has 160 valence electrons. The van der Waals surface area contributed by atoms with Crippen molar-refractivity contribution in [1.29, 1.82) is 0 Å². The highest BCUT2D eigenvalue weighted by Crippen LogP contribution is 2.29. The second-order valence-electron chi connectivity index (χ2n) is 6.91. The second-order valence-corrected chi connectivity index (χ2v) is 6.91. The zero-order valence-electron chi connectivity index (χ0n) is 17.4. The van der Waals surface area contributed by atoms with Gasteiger partial charge in [-0.2, -0.15) is 5.10 Å². The van der Waals surface area contributed by atoms with Crippen molar-refractivity contribution in [1.82, 2.24) is 9.78 Å². The number of rotatable bonds is 7. The highest BCUT2D eigenvalue weighted by atomic mass is 16.5. The fourth-order valence-corrected chi connectivity index (χ4v) is 3.10. The van der Waals surface area contributed by atoms with E-state index in [4.69, 9.17) is 9.47 Å². The Bertz CT molecular complexity index is 1290. The summed E-state index contributed by atoms with van der Waals surface area (Å²) in [7, 11) is 1.58. The third-order valence-electron chi connectivity index (χ3n) is 4.66. The minimum absolute atomic E-state index is 0.240. The van der Waals surface area contributed by atoms with Crippen LogP contribution in [0.3, 0.4) is 0 Å². The van der Waals surface area contributed by atoms with E-state index >= 15 is 0 Å². The van der Waals surface area contributed by atoms with E-state index < -0.39 is 5.91 Å². The van der Waals surface area contributed by atoms with E-state index in [-0.39, 0.29) is 12.1 Å². The summed E-state index contributed by atoms with van der Waals surface area (Å²) < 4.78 is 12.2. The molecule has 0 bridgehead atoms. The van der Waals surface area contributed by atoms with Crippen LogP contribution < -0.4 is 20.3 Å². The van der Waals surface area contributed by atoms with Gasteiger partial charge in [-0.25, -0.2) is 4.68 Å². The van der Waals surface area contributed by atoms with Crippen LogP contribution in [-0.2, 0) is 11.3 Å². The first-order valence-corrected chi connectivity index (χ1v) is 9.97. The maximum absolute atomic E-state index is 12.7. The molecule has 7 nitrogen and oxygen atoms in total. The van der Waals surface area contributed by atoms with Gasteiger partial charge in [-0.05, 0) is 42.5 Å². The van der Waals surface area contributed by atoms with Gasteiger partial charge in [0, 0.05) is 11.6 Å². The standard InChI is InChI=1S/C25H21N3O4/c1-31-20-11-7-8-18(16-20)21-14-15-25(30)28(27-21)17-24(29)26-22-12-5-6-13-23(22)32-19-9-3-2-4-10-19/h2-16H,17H2,1H3,(H,26,29). The average Bonchev–Trinajstić information content (AvgIpc) is 2.82. The van der Waals surface area contributed by atoms with Crippen LogP contribution in [0.2, 0.25) is 0 Å². The lowest BCUT2D eigenvalue weighted by atomic mass is 10.1. The van der Waals surface area contributed by atoms with Gasteiger partial charge in [0.15, 0.2) is 5.75 Å². The van der Waals surface area contributed by atoms with Crippen molar-refractivity contribution in [2.24, 2.45) is 0 Å². The number of carbonyl (C=O) groups excluding carboxylic acids is 1. The van der Waals surface area contributed by atoms with Gasteiger partial charge >= 0.3 is 0 Å². The summed E-state index contributed by atoms with van der Waals surface area (Å²) in [6.45, 7) is -0.240.